The summed E-state index contributed by atoms with van der Waals surface area (Å²) in [5, 5.41) is 11.3. The Morgan fingerprint density at radius 3 is 2.45 bits per heavy atom. The van der Waals surface area contributed by atoms with Gasteiger partial charge in [-0.15, -0.1) is 0 Å². The molecule has 0 aromatic rings. The third kappa shape index (κ3) is 6.30. The van der Waals surface area contributed by atoms with Gasteiger partial charge >= 0.3 is 5.97 Å². The molecule has 1 saturated carbocycles. The number of alkyl halides is 2. The van der Waals surface area contributed by atoms with Crippen molar-refractivity contribution in [2.45, 2.75) is 57.8 Å². The highest BCUT2D eigenvalue weighted by atomic mass is 19.3. The van der Waals surface area contributed by atoms with E-state index in [1.807, 2.05) is 6.92 Å². The number of hydrogen-bond acceptors (Lipinski definition) is 2. The van der Waals surface area contributed by atoms with Crippen LogP contribution in [0.5, 0.6) is 0 Å². The molecule has 0 aromatic carbocycles. The van der Waals surface area contributed by atoms with Crippen LogP contribution in [0.2, 0.25) is 0 Å². The first kappa shape index (κ1) is 16.9. The fraction of sp³-hybridized carbons (Fsp3) is 0.857. The Hall–Kier alpha value is -1.20. The summed E-state index contributed by atoms with van der Waals surface area (Å²) in [5.74, 6) is -3.65. The molecule has 0 bridgehead atoms. The lowest BCUT2D eigenvalue weighted by molar-refractivity contribution is -0.137. The minimum atomic E-state index is -2.61. The Balaban J connectivity index is 2.16. The molecule has 0 saturated heterocycles. The topological polar surface area (TPSA) is 66.4 Å². The lowest BCUT2D eigenvalue weighted by Crippen LogP contribution is -2.36. The van der Waals surface area contributed by atoms with E-state index in [0.29, 0.717) is 19.4 Å². The average molecular weight is 291 g/mol. The van der Waals surface area contributed by atoms with Crippen molar-refractivity contribution < 1.29 is 23.5 Å². The standard InChI is InChI=1S/C14H23F2NO3/c1-10(2-3-12(18)19)6-9-17-13(20)11-4-7-14(15,16)8-5-11/h10-11H,2-9H2,1H3,(H,17,20)(H,18,19). The van der Waals surface area contributed by atoms with E-state index in [2.05, 4.69) is 5.32 Å². The fourth-order valence-corrected chi connectivity index (χ4v) is 2.40. The minimum absolute atomic E-state index is 0.132. The molecule has 1 fully saturated rings. The molecule has 0 heterocycles. The summed E-state index contributed by atoms with van der Waals surface area (Å²) in [5.41, 5.74) is 0. The molecule has 0 aliphatic heterocycles. The number of aliphatic carboxylic acids is 1. The van der Waals surface area contributed by atoms with Crippen molar-refractivity contribution >= 4 is 11.9 Å². The highest BCUT2D eigenvalue weighted by Gasteiger charge is 2.37. The number of carbonyl (C=O) groups is 2. The van der Waals surface area contributed by atoms with E-state index in [9.17, 15) is 18.4 Å². The Morgan fingerprint density at radius 1 is 1.30 bits per heavy atom. The molecule has 0 aromatic heterocycles. The molecule has 1 unspecified atom stereocenters. The van der Waals surface area contributed by atoms with Gasteiger partial charge in [-0.05, 0) is 31.6 Å². The van der Waals surface area contributed by atoms with Gasteiger partial charge in [0.1, 0.15) is 0 Å². The highest BCUT2D eigenvalue weighted by Crippen LogP contribution is 2.36. The van der Waals surface area contributed by atoms with E-state index in [1.165, 1.54) is 0 Å². The van der Waals surface area contributed by atoms with Crippen molar-refractivity contribution in [2.24, 2.45) is 11.8 Å². The predicted octanol–water partition coefficient (Wildman–Crippen LogP) is 2.82. The van der Waals surface area contributed by atoms with Gasteiger partial charge in [-0.2, -0.15) is 0 Å². The van der Waals surface area contributed by atoms with E-state index in [0.717, 1.165) is 0 Å². The molecule has 116 valence electrons. The van der Waals surface area contributed by atoms with Gasteiger partial charge in [0, 0.05) is 31.7 Å². The van der Waals surface area contributed by atoms with Gasteiger partial charge < -0.3 is 10.4 Å². The molecule has 0 spiro atoms. The van der Waals surface area contributed by atoms with E-state index >= 15 is 0 Å². The maximum absolute atomic E-state index is 13.0. The van der Waals surface area contributed by atoms with E-state index in [4.69, 9.17) is 5.11 Å². The quantitative estimate of drug-likeness (QED) is 0.758. The van der Waals surface area contributed by atoms with Crippen LogP contribution in [-0.4, -0.2) is 29.5 Å². The summed E-state index contributed by atoms with van der Waals surface area (Å²) in [6.45, 7) is 2.42. The van der Waals surface area contributed by atoms with Crippen molar-refractivity contribution in [3.8, 4) is 0 Å². The summed E-state index contributed by atoms with van der Waals surface area (Å²) in [4.78, 5) is 22.2. The largest absolute Gasteiger partial charge is 0.481 e. The number of carboxylic acid groups (broad SMARTS) is 1. The highest BCUT2D eigenvalue weighted by molar-refractivity contribution is 5.78. The van der Waals surface area contributed by atoms with Gasteiger partial charge in [0.2, 0.25) is 11.8 Å². The van der Waals surface area contributed by atoms with Gasteiger partial charge in [-0.3, -0.25) is 9.59 Å². The van der Waals surface area contributed by atoms with Gasteiger partial charge in [0.25, 0.3) is 0 Å². The molecule has 1 atom stereocenters. The van der Waals surface area contributed by atoms with Gasteiger partial charge in [-0.25, -0.2) is 8.78 Å². The molecule has 20 heavy (non-hydrogen) atoms. The van der Waals surface area contributed by atoms with Crippen LogP contribution in [0.15, 0.2) is 0 Å². The van der Waals surface area contributed by atoms with Crippen LogP contribution >= 0.6 is 0 Å². The summed E-state index contributed by atoms with van der Waals surface area (Å²) in [6.07, 6.45) is 1.50. The van der Waals surface area contributed by atoms with Gasteiger partial charge in [-0.1, -0.05) is 6.92 Å². The average Bonchev–Trinajstić information content (AvgIpc) is 2.36. The second-order valence-electron chi connectivity index (χ2n) is 5.75. The Bertz CT molecular complexity index is 337. The van der Waals surface area contributed by atoms with E-state index < -0.39 is 11.9 Å². The summed E-state index contributed by atoms with van der Waals surface area (Å²) in [7, 11) is 0. The van der Waals surface area contributed by atoms with Crippen LogP contribution in [0.25, 0.3) is 0 Å². The van der Waals surface area contributed by atoms with E-state index in [-0.39, 0.29) is 49.8 Å². The van der Waals surface area contributed by atoms with Gasteiger partial charge in [0.15, 0.2) is 0 Å². The van der Waals surface area contributed by atoms with E-state index in [1.54, 1.807) is 0 Å². The van der Waals surface area contributed by atoms with Crippen molar-refractivity contribution in [3.05, 3.63) is 0 Å². The third-order valence-corrected chi connectivity index (χ3v) is 3.88. The summed E-state index contributed by atoms with van der Waals surface area (Å²) < 4.78 is 25.9. The maximum Gasteiger partial charge on any atom is 0.303 e. The fourth-order valence-electron chi connectivity index (χ4n) is 2.40. The molecule has 4 nitrogen and oxygen atoms in total. The van der Waals surface area contributed by atoms with Crippen molar-refractivity contribution in [2.75, 3.05) is 6.54 Å². The van der Waals surface area contributed by atoms with Crippen LogP contribution in [0.1, 0.15) is 51.9 Å². The van der Waals surface area contributed by atoms with Crippen LogP contribution in [0.3, 0.4) is 0 Å². The summed E-state index contributed by atoms with van der Waals surface area (Å²) >= 11 is 0. The molecule has 1 aliphatic rings. The lowest BCUT2D eigenvalue weighted by atomic mass is 9.86. The molecular weight excluding hydrogens is 268 g/mol. The number of amides is 1. The van der Waals surface area contributed by atoms with Crippen molar-refractivity contribution in [1.29, 1.82) is 0 Å². The summed E-state index contributed by atoms with van der Waals surface area (Å²) in [6, 6.07) is 0. The minimum Gasteiger partial charge on any atom is -0.481 e. The first-order chi connectivity index (χ1) is 9.30. The number of halogens is 2. The van der Waals surface area contributed by atoms with Crippen LogP contribution in [0, 0.1) is 11.8 Å². The second kappa shape index (κ2) is 7.55. The van der Waals surface area contributed by atoms with Gasteiger partial charge in [0.05, 0.1) is 0 Å². The normalized spacial score (nSPS) is 20.4. The third-order valence-electron chi connectivity index (χ3n) is 3.88. The predicted molar refractivity (Wildman–Crippen MR) is 70.6 cm³/mol. The van der Waals surface area contributed by atoms with Crippen LogP contribution in [-0.2, 0) is 9.59 Å². The zero-order chi connectivity index (χ0) is 15.2. The molecular formula is C14H23F2NO3. The number of rotatable bonds is 7. The lowest BCUT2D eigenvalue weighted by Gasteiger charge is -2.27. The Morgan fingerprint density at radius 2 is 1.90 bits per heavy atom. The number of carboxylic acids is 1. The smallest absolute Gasteiger partial charge is 0.303 e. The molecule has 1 rings (SSSR count). The zero-order valence-electron chi connectivity index (χ0n) is 11.8. The van der Waals surface area contributed by atoms with Crippen molar-refractivity contribution in [1.82, 2.24) is 5.32 Å². The molecule has 1 aliphatic carbocycles. The van der Waals surface area contributed by atoms with Crippen LogP contribution < -0.4 is 5.32 Å². The number of nitrogens with one attached hydrogen (secondary N) is 1. The zero-order valence-corrected chi connectivity index (χ0v) is 11.8. The number of carbonyl (C=O) groups excluding carboxylic acids is 1. The SMILES string of the molecule is CC(CCNC(=O)C1CCC(F)(F)CC1)CCC(=O)O. The maximum atomic E-state index is 13.0. The van der Waals surface area contributed by atoms with Crippen LogP contribution in [0.4, 0.5) is 8.78 Å². The molecule has 6 heteroatoms. The first-order valence-electron chi connectivity index (χ1n) is 7.17. The van der Waals surface area contributed by atoms with Crippen molar-refractivity contribution in [3.63, 3.8) is 0 Å². The molecule has 0 radical (unpaired) electrons. The number of hydrogen-bond donors (Lipinski definition) is 2. The first-order valence-corrected chi connectivity index (χ1v) is 7.17. The second-order valence-corrected chi connectivity index (χ2v) is 5.75. The molecule has 2 N–H and O–H groups in total. The monoisotopic (exact) mass is 291 g/mol. The Kier molecular flexibility index (Phi) is 6.36. The molecule has 1 amide bonds. The Labute approximate surface area is 117 Å².